The Morgan fingerprint density at radius 3 is 3.08 bits per heavy atom. The molecule has 2 aromatic heterocycles. The van der Waals surface area contributed by atoms with Crippen molar-refractivity contribution in [1.29, 1.82) is 0 Å². The Morgan fingerprint density at radius 1 is 1.42 bits per heavy atom. The first kappa shape index (κ1) is 16.7. The van der Waals surface area contributed by atoms with Gasteiger partial charge in [-0.05, 0) is 37.6 Å². The highest BCUT2D eigenvalue weighted by Gasteiger charge is 2.21. The summed E-state index contributed by atoms with van der Waals surface area (Å²) in [4.78, 5) is 18.5. The summed E-state index contributed by atoms with van der Waals surface area (Å²) in [6, 6.07) is 7.52. The fourth-order valence-corrected chi connectivity index (χ4v) is 2.77. The molecule has 1 atom stereocenters. The standard InChI is InChI=1S/C18H23N3O3/c1-14-4-5-15(11-20-14)18(22)19-7-6-17-13-21(8-10-24-17)12-16-3-2-9-23-16/h2-5,9,11,17H,6-8,10,12-13H2,1H3,(H,19,22). The van der Waals surface area contributed by atoms with Crippen LogP contribution in [-0.4, -0.2) is 48.1 Å². The molecule has 128 valence electrons. The number of carbonyl (C=O) groups excluding carboxylic acids is 1. The van der Waals surface area contributed by atoms with Crippen LogP contribution in [0.4, 0.5) is 0 Å². The second-order valence-corrected chi connectivity index (χ2v) is 6.04. The van der Waals surface area contributed by atoms with E-state index >= 15 is 0 Å². The molecular formula is C18H23N3O3. The Hall–Kier alpha value is -2.18. The van der Waals surface area contributed by atoms with Crippen LogP contribution in [0.25, 0.3) is 0 Å². The molecule has 0 saturated carbocycles. The predicted molar refractivity (Wildman–Crippen MR) is 89.6 cm³/mol. The molecule has 6 nitrogen and oxygen atoms in total. The minimum absolute atomic E-state index is 0.0919. The third kappa shape index (κ3) is 4.66. The number of ether oxygens (including phenoxy) is 1. The number of morpholine rings is 1. The predicted octanol–water partition coefficient (Wildman–Crippen LogP) is 2.00. The zero-order valence-corrected chi connectivity index (χ0v) is 13.9. The van der Waals surface area contributed by atoms with Crippen molar-refractivity contribution < 1.29 is 13.9 Å². The van der Waals surface area contributed by atoms with Crippen molar-refractivity contribution in [3.63, 3.8) is 0 Å². The first-order valence-electron chi connectivity index (χ1n) is 8.28. The monoisotopic (exact) mass is 329 g/mol. The third-order valence-electron chi connectivity index (χ3n) is 4.11. The summed E-state index contributed by atoms with van der Waals surface area (Å²) in [6.45, 7) is 5.75. The van der Waals surface area contributed by atoms with Crippen molar-refractivity contribution in [3.05, 3.63) is 53.7 Å². The van der Waals surface area contributed by atoms with E-state index in [-0.39, 0.29) is 12.0 Å². The van der Waals surface area contributed by atoms with E-state index in [1.807, 2.05) is 25.1 Å². The van der Waals surface area contributed by atoms with E-state index in [2.05, 4.69) is 15.2 Å². The van der Waals surface area contributed by atoms with E-state index in [1.165, 1.54) is 0 Å². The third-order valence-corrected chi connectivity index (χ3v) is 4.11. The minimum atomic E-state index is -0.0919. The lowest BCUT2D eigenvalue weighted by molar-refractivity contribution is -0.0358. The van der Waals surface area contributed by atoms with Crippen molar-refractivity contribution >= 4 is 5.91 Å². The van der Waals surface area contributed by atoms with Gasteiger partial charge in [-0.15, -0.1) is 0 Å². The van der Waals surface area contributed by atoms with E-state index in [1.54, 1.807) is 18.5 Å². The van der Waals surface area contributed by atoms with Gasteiger partial charge in [-0.3, -0.25) is 14.7 Å². The highest BCUT2D eigenvalue weighted by molar-refractivity contribution is 5.93. The Balaban J connectivity index is 1.41. The highest BCUT2D eigenvalue weighted by Crippen LogP contribution is 2.12. The zero-order valence-electron chi connectivity index (χ0n) is 13.9. The highest BCUT2D eigenvalue weighted by atomic mass is 16.5. The summed E-state index contributed by atoms with van der Waals surface area (Å²) in [6.07, 6.45) is 4.22. The maximum Gasteiger partial charge on any atom is 0.252 e. The molecule has 1 amide bonds. The van der Waals surface area contributed by atoms with Crippen LogP contribution >= 0.6 is 0 Å². The number of pyridine rings is 1. The second-order valence-electron chi connectivity index (χ2n) is 6.04. The molecule has 1 fully saturated rings. The molecule has 1 N–H and O–H groups in total. The van der Waals surface area contributed by atoms with Crippen LogP contribution in [0.5, 0.6) is 0 Å². The fraction of sp³-hybridized carbons (Fsp3) is 0.444. The topological polar surface area (TPSA) is 67.6 Å². The van der Waals surface area contributed by atoms with Crippen molar-refractivity contribution in [2.45, 2.75) is 26.0 Å². The van der Waals surface area contributed by atoms with Gasteiger partial charge in [0.15, 0.2) is 0 Å². The van der Waals surface area contributed by atoms with E-state index in [4.69, 9.17) is 9.15 Å². The van der Waals surface area contributed by atoms with Gasteiger partial charge < -0.3 is 14.5 Å². The summed E-state index contributed by atoms with van der Waals surface area (Å²) < 4.78 is 11.2. The smallest absolute Gasteiger partial charge is 0.252 e. The molecule has 3 rings (SSSR count). The number of hydrogen-bond acceptors (Lipinski definition) is 5. The average molecular weight is 329 g/mol. The largest absolute Gasteiger partial charge is 0.468 e. The number of aryl methyl sites for hydroxylation is 1. The fourth-order valence-electron chi connectivity index (χ4n) is 2.77. The molecule has 1 aliphatic heterocycles. The quantitative estimate of drug-likeness (QED) is 0.878. The van der Waals surface area contributed by atoms with Gasteiger partial charge in [-0.2, -0.15) is 0 Å². The van der Waals surface area contributed by atoms with Crippen LogP contribution in [0.15, 0.2) is 41.1 Å². The molecule has 0 bridgehead atoms. The molecule has 2 aromatic rings. The Morgan fingerprint density at radius 2 is 2.33 bits per heavy atom. The van der Waals surface area contributed by atoms with Gasteiger partial charge in [0.05, 0.1) is 31.1 Å². The minimum Gasteiger partial charge on any atom is -0.468 e. The van der Waals surface area contributed by atoms with Crippen LogP contribution in [-0.2, 0) is 11.3 Å². The first-order valence-corrected chi connectivity index (χ1v) is 8.28. The van der Waals surface area contributed by atoms with Gasteiger partial charge in [0, 0.05) is 31.5 Å². The first-order chi connectivity index (χ1) is 11.7. The van der Waals surface area contributed by atoms with Crippen LogP contribution in [0, 0.1) is 6.92 Å². The molecule has 1 aliphatic rings. The molecule has 6 heteroatoms. The SMILES string of the molecule is Cc1ccc(C(=O)NCCC2CN(Cc3ccco3)CCO2)cn1. The maximum atomic E-state index is 12.1. The molecular weight excluding hydrogens is 306 g/mol. The van der Waals surface area contributed by atoms with E-state index < -0.39 is 0 Å². The zero-order chi connectivity index (χ0) is 16.8. The van der Waals surface area contributed by atoms with E-state index in [9.17, 15) is 4.79 Å². The summed E-state index contributed by atoms with van der Waals surface area (Å²) in [5.74, 6) is 0.876. The summed E-state index contributed by atoms with van der Waals surface area (Å²) >= 11 is 0. The molecule has 0 aliphatic carbocycles. The van der Waals surface area contributed by atoms with Gasteiger partial charge in [0.2, 0.25) is 0 Å². The molecule has 0 radical (unpaired) electrons. The van der Waals surface area contributed by atoms with Crippen molar-refractivity contribution in [2.75, 3.05) is 26.2 Å². The molecule has 3 heterocycles. The summed E-state index contributed by atoms with van der Waals surface area (Å²) in [5.41, 5.74) is 1.49. The Bertz CT molecular complexity index is 640. The van der Waals surface area contributed by atoms with Crippen molar-refractivity contribution in [3.8, 4) is 0 Å². The normalized spacial score (nSPS) is 18.5. The number of amides is 1. The number of carbonyl (C=O) groups is 1. The number of furan rings is 1. The Kier molecular flexibility index (Phi) is 5.61. The lowest BCUT2D eigenvalue weighted by atomic mass is 10.2. The van der Waals surface area contributed by atoms with Crippen molar-refractivity contribution in [2.24, 2.45) is 0 Å². The van der Waals surface area contributed by atoms with Crippen molar-refractivity contribution in [1.82, 2.24) is 15.2 Å². The van der Waals surface area contributed by atoms with Gasteiger partial charge >= 0.3 is 0 Å². The second kappa shape index (κ2) is 8.08. The molecule has 0 spiro atoms. The average Bonchev–Trinajstić information content (AvgIpc) is 3.09. The number of rotatable bonds is 6. The lowest BCUT2D eigenvalue weighted by Crippen LogP contribution is -2.43. The van der Waals surface area contributed by atoms with E-state index in [0.717, 1.165) is 37.5 Å². The van der Waals surface area contributed by atoms with E-state index in [0.29, 0.717) is 18.7 Å². The van der Waals surface area contributed by atoms with Gasteiger partial charge in [0.25, 0.3) is 5.91 Å². The maximum absolute atomic E-state index is 12.1. The van der Waals surface area contributed by atoms with Gasteiger partial charge in [-0.25, -0.2) is 0 Å². The van der Waals surface area contributed by atoms with Crippen LogP contribution in [0.2, 0.25) is 0 Å². The molecule has 1 saturated heterocycles. The van der Waals surface area contributed by atoms with Crippen LogP contribution < -0.4 is 5.32 Å². The molecule has 24 heavy (non-hydrogen) atoms. The number of hydrogen-bond donors (Lipinski definition) is 1. The summed E-state index contributed by atoms with van der Waals surface area (Å²) in [5, 5.41) is 2.93. The molecule has 0 aromatic carbocycles. The van der Waals surface area contributed by atoms with Crippen LogP contribution in [0.3, 0.4) is 0 Å². The van der Waals surface area contributed by atoms with Gasteiger partial charge in [-0.1, -0.05) is 0 Å². The van der Waals surface area contributed by atoms with Gasteiger partial charge in [0.1, 0.15) is 5.76 Å². The van der Waals surface area contributed by atoms with Crippen LogP contribution in [0.1, 0.15) is 28.2 Å². The number of nitrogens with one attached hydrogen (secondary N) is 1. The lowest BCUT2D eigenvalue weighted by Gasteiger charge is -2.32. The summed E-state index contributed by atoms with van der Waals surface area (Å²) in [7, 11) is 0. The number of aromatic nitrogens is 1. The number of nitrogens with zero attached hydrogens (tertiary/aromatic N) is 2. The Labute approximate surface area is 141 Å². The molecule has 1 unspecified atom stereocenters.